The molecule has 0 bridgehead atoms. The normalized spacial score (nSPS) is 10.1. The summed E-state index contributed by atoms with van der Waals surface area (Å²) < 4.78 is 5.49. The van der Waals surface area contributed by atoms with Gasteiger partial charge in [0, 0.05) is 6.20 Å². The lowest BCUT2D eigenvalue weighted by atomic mass is 10.7. The van der Waals surface area contributed by atoms with Crippen molar-refractivity contribution in [1.29, 1.82) is 0 Å². The molecular formula is C8H8BrClN2O2S. The van der Waals surface area contributed by atoms with Gasteiger partial charge in [0.1, 0.15) is 5.03 Å². The van der Waals surface area contributed by atoms with E-state index in [1.807, 2.05) is 0 Å². The van der Waals surface area contributed by atoms with E-state index in [0.29, 0.717) is 16.1 Å². The van der Waals surface area contributed by atoms with Gasteiger partial charge in [0.15, 0.2) is 0 Å². The van der Waals surface area contributed by atoms with Crippen molar-refractivity contribution >= 4 is 45.3 Å². The third-order valence-electron chi connectivity index (χ3n) is 1.31. The predicted octanol–water partition coefficient (Wildman–Crippen LogP) is 2.55. The number of carbonyl (C=O) groups is 1. The third-order valence-corrected chi connectivity index (χ3v) is 3.30. The van der Waals surface area contributed by atoms with Crippen LogP contribution in [0.1, 0.15) is 6.92 Å². The Balaban J connectivity index is 2.57. The van der Waals surface area contributed by atoms with E-state index in [0.717, 1.165) is 0 Å². The summed E-state index contributed by atoms with van der Waals surface area (Å²) in [7, 11) is 0. The Morgan fingerprint density at radius 2 is 2.47 bits per heavy atom. The molecular weight excluding hydrogens is 304 g/mol. The Kier molecular flexibility index (Phi) is 5.35. The number of thioether (sulfide) groups is 1. The van der Waals surface area contributed by atoms with Gasteiger partial charge in [-0.2, -0.15) is 0 Å². The maximum atomic E-state index is 11.1. The fraction of sp³-hybridized carbons (Fsp3) is 0.375. The summed E-state index contributed by atoms with van der Waals surface area (Å²) in [6.07, 6.45) is 1.54. The van der Waals surface area contributed by atoms with Crippen molar-refractivity contribution in [2.24, 2.45) is 0 Å². The molecule has 0 aliphatic heterocycles. The minimum absolute atomic E-state index is 0.157. The fourth-order valence-corrected chi connectivity index (χ4v) is 2.16. The van der Waals surface area contributed by atoms with E-state index < -0.39 is 0 Å². The van der Waals surface area contributed by atoms with Crippen LogP contribution in [0.4, 0.5) is 0 Å². The molecule has 0 aromatic carbocycles. The molecule has 0 fully saturated rings. The number of rotatable bonds is 4. The molecule has 0 aliphatic carbocycles. The van der Waals surface area contributed by atoms with Gasteiger partial charge in [0.25, 0.3) is 0 Å². The molecule has 0 saturated heterocycles. The van der Waals surface area contributed by atoms with Gasteiger partial charge < -0.3 is 4.74 Å². The number of hydrogen-bond donors (Lipinski definition) is 0. The standard InChI is InChI=1S/C8H8BrClN2O2S/c1-2-14-6(13)4-15-7-5(9)3-11-8(10)12-7/h3H,2,4H2,1H3. The lowest BCUT2D eigenvalue weighted by Gasteiger charge is -2.03. The van der Waals surface area contributed by atoms with Crippen LogP contribution in [0, 0.1) is 0 Å². The Labute approximate surface area is 105 Å². The average Bonchev–Trinajstić information content (AvgIpc) is 2.20. The fourth-order valence-electron chi connectivity index (χ4n) is 0.762. The van der Waals surface area contributed by atoms with Crippen LogP contribution in [-0.2, 0) is 9.53 Å². The van der Waals surface area contributed by atoms with Gasteiger partial charge in [-0.25, -0.2) is 9.97 Å². The second kappa shape index (κ2) is 6.30. The number of carbonyl (C=O) groups excluding carboxylic acids is 1. The summed E-state index contributed by atoms with van der Waals surface area (Å²) in [5.41, 5.74) is 0. The molecule has 0 saturated carbocycles. The molecule has 0 atom stereocenters. The van der Waals surface area contributed by atoms with Crippen LogP contribution in [0.5, 0.6) is 0 Å². The number of halogens is 2. The predicted molar refractivity (Wildman–Crippen MR) is 62.1 cm³/mol. The zero-order valence-electron chi connectivity index (χ0n) is 7.87. The largest absolute Gasteiger partial charge is 0.465 e. The molecule has 4 nitrogen and oxygen atoms in total. The van der Waals surface area contributed by atoms with E-state index in [4.69, 9.17) is 16.3 Å². The topological polar surface area (TPSA) is 52.1 Å². The summed E-state index contributed by atoms with van der Waals surface area (Å²) in [5, 5.41) is 0.785. The maximum absolute atomic E-state index is 11.1. The molecule has 1 aromatic heterocycles. The Bertz CT molecular complexity index is 364. The summed E-state index contributed by atoms with van der Waals surface area (Å²) in [6, 6.07) is 0. The Morgan fingerprint density at radius 1 is 1.73 bits per heavy atom. The van der Waals surface area contributed by atoms with Crippen molar-refractivity contribution in [2.45, 2.75) is 11.9 Å². The smallest absolute Gasteiger partial charge is 0.316 e. The van der Waals surface area contributed by atoms with Gasteiger partial charge in [0.05, 0.1) is 16.8 Å². The van der Waals surface area contributed by atoms with E-state index in [1.54, 1.807) is 13.1 Å². The van der Waals surface area contributed by atoms with E-state index in [-0.39, 0.29) is 17.0 Å². The van der Waals surface area contributed by atoms with Crippen LogP contribution in [0.15, 0.2) is 15.7 Å². The zero-order chi connectivity index (χ0) is 11.3. The Morgan fingerprint density at radius 3 is 3.13 bits per heavy atom. The van der Waals surface area contributed by atoms with Crippen LogP contribution in [-0.4, -0.2) is 28.3 Å². The van der Waals surface area contributed by atoms with Crippen molar-refractivity contribution in [2.75, 3.05) is 12.4 Å². The monoisotopic (exact) mass is 310 g/mol. The number of nitrogens with zero attached hydrogens (tertiary/aromatic N) is 2. The number of esters is 1. The molecule has 15 heavy (non-hydrogen) atoms. The van der Waals surface area contributed by atoms with Crippen LogP contribution >= 0.6 is 39.3 Å². The van der Waals surface area contributed by atoms with Crippen LogP contribution in [0.25, 0.3) is 0 Å². The van der Waals surface area contributed by atoms with Gasteiger partial charge >= 0.3 is 5.97 Å². The van der Waals surface area contributed by atoms with Crippen LogP contribution < -0.4 is 0 Å². The second-order valence-electron chi connectivity index (χ2n) is 2.39. The van der Waals surface area contributed by atoms with Crippen LogP contribution in [0.3, 0.4) is 0 Å². The molecule has 0 spiro atoms. The molecule has 82 valence electrons. The first kappa shape index (κ1) is 12.7. The zero-order valence-corrected chi connectivity index (χ0v) is 11.0. The summed E-state index contributed by atoms with van der Waals surface area (Å²) >= 11 is 10.1. The summed E-state index contributed by atoms with van der Waals surface area (Å²) in [5.74, 6) is -0.0658. The minimum Gasteiger partial charge on any atom is -0.465 e. The quantitative estimate of drug-likeness (QED) is 0.370. The van der Waals surface area contributed by atoms with Crippen molar-refractivity contribution in [3.05, 3.63) is 16.0 Å². The molecule has 0 unspecified atom stereocenters. The molecule has 0 amide bonds. The number of hydrogen-bond acceptors (Lipinski definition) is 5. The van der Waals surface area contributed by atoms with Gasteiger partial charge in [-0.15, -0.1) is 0 Å². The molecule has 1 heterocycles. The van der Waals surface area contributed by atoms with Crippen molar-refractivity contribution in [3.63, 3.8) is 0 Å². The highest BCUT2D eigenvalue weighted by Crippen LogP contribution is 2.25. The van der Waals surface area contributed by atoms with Crippen molar-refractivity contribution < 1.29 is 9.53 Å². The number of ether oxygens (including phenoxy) is 1. The highest BCUT2D eigenvalue weighted by atomic mass is 79.9. The van der Waals surface area contributed by atoms with Gasteiger partial charge in [-0.05, 0) is 34.5 Å². The third kappa shape index (κ3) is 4.36. The van der Waals surface area contributed by atoms with Gasteiger partial charge in [-0.1, -0.05) is 11.8 Å². The van der Waals surface area contributed by atoms with Crippen molar-refractivity contribution in [1.82, 2.24) is 9.97 Å². The molecule has 7 heteroatoms. The van der Waals surface area contributed by atoms with Gasteiger partial charge in [-0.3, -0.25) is 4.79 Å². The van der Waals surface area contributed by atoms with Gasteiger partial charge in [0.2, 0.25) is 5.28 Å². The summed E-state index contributed by atoms with van der Waals surface area (Å²) in [6.45, 7) is 2.14. The van der Waals surface area contributed by atoms with E-state index in [9.17, 15) is 4.79 Å². The first-order valence-corrected chi connectivity index (χ1v) is 6.25. The molecule has 1 aromatic rings. The van der Waals surface area contributed by atoms with E-state index >= 15 is 0 Å². The first-order chi connectivity index (χ1) is 7.13. The average molecular weight is 312 g/mol. The second-order valence-corrected chi connectivity index (χ2v) is 4.54. The molecule has 1 rings (SSSR count). The SMILES string of the molecule is CCOC(=O)CSc1nc(Cl)ncc1Br. The van der Waals surface area contributed by atoms with Crippen LogP contribution in [0.2, 0.25) is 5.28 Å². The van der Waals surface area contributed by atoms with E-state index in [1.165, 1.54) is 11.8 Å². The lowest BCUT2D eigenvalue weighted by Crippen LogP contribution is -2.06. The number of aromatic nitrogens is 2. The summed E-state index contributed by atoms with van der Waals surface area (Å²) in [4.78, 5) is 18.8. The Hall–Kier alpha value is -0.330. The maximum Gasteiger partial charge on any atom is 0.316 e. The highest BCUT2D eigenvalue weighted by molar-refractivity contribution is 9.10. The lowest BCUT2D eigenvalue weighted by molar-refractivity contribution is -0.139. The molecule has 0 radical (unpaired) electrons. The van der Waals surface area contributed by atoms with E-state index in [2.05, 4.69) is 25.9 Å². The minimum atomic E-state index is -0.274. The molecule has 0 aliphatic rings. The molecule has 0 N–H and O–H groups in total. The highest BCUT2D eigenvalue weighted by Gasteiger charge is 2.08. The van der Waals surface area contributed by atoms with Crippen molar-refractivity contribution in [3.8, 4) is 0 Å². The first-order valence-electron chi connectivity index (χ1n) is 4.10.